The van der Waals surface area contributed by atoms with Crippen LogP contribution < -0.4 is 0 Å². The summed E-state index contributed by atoms with van der Waals surface area (Å²) in [7, 11) is 0. The molecular weight excluding hydrogens is 326 g/mol. The molecule has 0 fully saturated rings. The van der Waals surface area contributed by atoms with Crippen LogP contribution in [0.4, 0.5) is 8.78 Å². The molecule has 106 valence electrons. The molecule has 20 heavy (non-hydrogen) atoms. The lowest BCUT2D eigenvalue weighted by molar-refractivity contribution is 0.214. The van der Waals surface area contributed by atoms with Gasteiger partial charge in [0.2, 0.25) is 0 Å². The van der Waals surface area contributed by atoms with E-state index in [2.05, 4.69) is 29.8 Å². The van der Waals surface area contributed by atoms with E-state index in [1.54, 1.807) is 12.1 Å². The van der Waals surface area contributed by atoms with Crippen molar-refractivity contribution in [2.45, 2.75) is 25.9 Å². The third kappa shape index (κ3) is 3.07. The van der Waals surface area contributed by atoms with E-state index in [0.717, 1.165) is 17.7 Å². The lowest BCUT2D eigenvalue weighted by Gasteiger charge is -2.14. The van der Waals surface area contributed by atoms with E-state index in [4.69, 9.17) is 0 Å². The fourth-order valence-electron chi connectivity index (χ4n) is 1.99. The Hall–Kier alpha value is -1.26. The molecule has 0 aliphatic carbocycles. The van der Waals surface area contributed by atoms with Gasteiger partial charge >= 0.3 is 0 Å². The van der Waals surface area contributed by atoms with E-state index >= 15 is 0 Å². The van der Waals surface area contributed by atoms with Crippen molar-refractivity contribution < 1.29 is 13.9 Å². The van der Waals surface area contributed by atoms with E-state index < -0.39 is 17.7 Å². The lowest BCUT2D eigenvalue weighted by Crippen LogP contribution is -2.04. The van der Waals surface area contributed by atoms with Gasteiger partial charge in [-0.1, -0.05) is 38.1 Å². The monoisotopic (exact) mass is 340 g/mol. The fraction of sp³-hybridized carbons (Fsp3) is 0.250. The normalized spacial score (nSPS) is 12.8. The summed E-state index contributed by atoms with van der Waals surface area (Å²) in [5.41, 5.74) is 1.60. The van der Waals surface area contributed by atoms with Crippen LogP contribution in [0.5, 0.6) is 0 Å². The molecule has 0 spiro atoms. The largest absolute Gasteiger partial charge is 0.384 e. The summed E-state index contributed by atoms with van der Waals surface area (Å²) in [6.07, 6.45) is -1.18. The first-order valence-corrected chi connectivity index (χ1v) is 7.11. The Kier molecular flexibility index (Phi) is 4.55. The summed E-state index contributed by atoms with van der Waals surface area (Å²) < 4.78 is 27.3. The molecule has 0 aliphatic heterocycles. The third-order valence-electron chi connectivity index (χ3n) is 3.25. The fourth-order valence-corrected chi connectivity index (χ4v) is 2.31. The Morgan fingerprint density at radius 1 is 0.950 bits per heavy atom. The van der Waals surface area contributed by atoms with E-state index in [1.165, 1.54) is 0 Å². The van der Waals surface area contributed by atoms with Gasteiger partial charge in [-0.25, -0.2) is 8.78 Å². The van der Waals surface area contributed by atoms with Crippen molar-refractivity contribution in [3.63, 3.8) is 0 Å². The number of halogens is 3. The van der Waals surface area contributed by atoms with Gasteiger partial charge in [-0.05, 0) is 45.1 Å². The van der Waals surface area contributed by atoms with Gasteiger partial charge in [0.25, 0.3) is 0 Å². The van der Waals surface area contributed by atoms with Crippen LogP contribution in [0.1, 0.15) is 42.6 Å². The molecule has 4 heteroatoms. The second-order valence-corrected chi connectivity index (χ2v) is 5.87. The maximum absolute atomic E-state index is 13.8. The molecule has 1 atom stereocenters. The lowest BCUT2D eigenvalue weighted by atomic mass is 9.97. The van der Waals surface area contributed by atoms with Crippen LogP contribution in [0.2, 0.25) is 0 Å². The number of hydrogen-bond acceptors (Lipinski definition) is 1. The summed E-state index contributed by atoms with van der Waals surface area (Å²) in [6, 6.07) is 9.28. The van der Waals surface area contributed by atoms with E-state index in [-0.39, 0.29) is 10.0 Å². The van der Waals surface area contributed by atoms with Crippen molar-refractivity contribution in [1.82, 2.24) is 0 Å². The van der Waals surface area contributed by atoms with Crippen LogP contribution in [-0.2, 0) is 0 Å². The number of aliphatic hydroxyl groups excluding tert-OH is 1. The molecule has 0 saturated carbocycles. The molecule has 0 aliphatic rings. The Morgan fingerprint density at radius 2 is 1.50 bits per heavy atom. The molecule has 0 aromatic heterocycles. The molecule has 0 heterocycles. The molecule has 2 rings (SSSR count). The summed E-state index contributed by atoms with van der Waals surface area (Å²) >= 11 is 2.91. The minimum absolute atomic E-state index is 0.0427. The summed E-state index contributed by atoms with van der Waals surface area (Å²) in [5, 5.41) is 10.2. The van der Waals surface area contributed by atoms with Gasteiger partial charge in [0.1, 0.15) is 17.7 Å². The molecule has 1 unspecified atom stereocenters. The van der Waals surface area contributed by atoms with Crippen LogP contribution in [0, 0.1) is 11.6 Å². The average molecular weight is 341 g/mol. The van der Waals surface area contributed by atoms with Crippen LogP contribution in [-0.4, -0.2) is 5.11 Å². The predicted octanol–water partition coefficient (Wildman–Crippen LogP) is 4.93. The standard InChI is InChI=1S/C16H15BrF2O/c1-9(2)10-3-5-11(6-4-10)16(20)12-7-15(19)13(17)8-14(12)18/h3-9,16,20H,1-2H3. The van der Waals surface area contributed by atoms with Gasteiger partial charge in [-0.3, -0.25) is 0 Å². The van der Waals surface area contributed by atoms with Crippen LogP contribution in [0.3, 0.4) is 0 Å². The average Bonchev–Trinajstić information content (AvgIpc) is 2.42. The van der Waals surface area contributed by atoms with Gasteiger partial charge in [0, 0.05) is 5.56 Å². The van der Waals surface area contributed by atoms with Crippen molar-refractivity contribution in [3.8, 4) is 0 Å². The topological polar surface area (TPSA) is 20.2 Å². The first-order valence-electron chi connectivity index (χ1n) is 6.32. The Bertz CT molecular complexity index is 609. The van der Waals surface area contributed by atoms with Gasteiger partial charge in [-0.2, -0.15) is 0 Å². The second-order valence-electron chi connectivity index (χ2n) is 5.01. The highest BCUT2D eigenvalue weighted by Gasteiger charge is 2.17. The maximum atomic E-state index is 13.8. The smallest absolute Gasteiger partial charge is 0.137 e. The first kappa shape index (κ1) is 15.1. The SMILES string of the molecule is CC(C)c1ccc(C(O)c2cc(F)c(Br)cc2F)cc1. The van der Waals surface area contributed by atoms with Crippen molar-refractivity contribution in [2.75, 3.05) is 0 Å². The van der Waals surface area contributed by atoms with Gasteiger partial charge in [-0.15, -0.1) is 0 Å². The van der Waals surface area contributed by atoms with Gasteiger partial charge < -0.3 is 5.11 Å². The van der Waals surface area contributed by atoms with Crippen LogP contribution >= 0.6 is 15.9 Å². The highest BCUT2D eigenvalue weighted by molar-refractivity contribution is 9.10. The molecular formula is C16H15BrF2O. The molecule has 0 radical (unpaired) electrons. The summed E-state index contributed by atoms with van der Waals surface area (Å²) in [4.78, 5) is 0. The highest BCUT2D eigenvalue weighted by atomic mass is 79.9. The maximum Gasteiger partial charge on any atom is 0.137 e. The van der Waals surface area contributed by atoms with Gasteiger partial charge in [0.05, 0.1) is 4.47 Å². The third-order valence-corrected chi connectivity index (χ3v) is 3.86. The number of benzene rings is 2. The van der Waals surface area contributed by atoms with Crippen molar-refractivity contribution in [1.29, 1.82) is 0 Å². The van der Waals surface area contributed by atoms with E-state index in [0.29, 0.717) is 11.5 Å². The molecule has 1 nitrogen and oxygen atoms in total. The van der Waals surface area contributed by atoms with Gasteiger partial charge in [0.15, 0.2) is 0 Å². The van der Waals surface area contributed by atoms with Crippen molar-refractivity contribution in [2.24, 2.45) is 0 Å². The van der Waals surface area contributed by atoms with Crippen molar-refractivity contribution >= 4 is 15.9 Å². The first-order chi connectivity index (χ1) is 9.40. The number of aliphatic hydroxyl groups is 1. The van der Waals surface area contributed by atoms with Crippen LogP contribution in [0.15, 0.2) is 40.9 Å². The molecule has 0 saturated heterocycles. The minimum atomic E-state index is -1.18. The Balaban J connectivity index is 2.36. The summed E-state index contributed by atoms with van der Waals surface area (Å²) in [5.74, 6) is -0.860. The quantitative estimate of drug-likeness (QED) is 0.785. The zero-order chi connectivity index (χ0) is 14.9. The molecule has 0 amide bonds. The Morgan fingerprint density at radius 3 is 2.05 bits per heavy atom. The second kappa shape index (κ2) is 6.02. The number of hydrogen-bond donors (Lipinski definition) is 1. The molecule has 1 N–H and O–H groups in total. The number of rotatable bonds is 3. The zero-order valence-electron chi connectivity index (χ0n) is 11.2. The minimum Gasteiger partial charge on any atom is -0.384 e. The zero-order valence-corrected chi connectivity index (χ0v) is 12.8. The summed E-state index contributed by atoms with van der Waals surface area (Å²) in [6.45, 7) is 4.13. The molecule has 2 aromatic carbocycles. The molecule has 0 bridgehead atoms. The predicted molar refractivity (Wildman–Crippen MR) is 78.7 cm³/mol. The molecule has 2 aromatic rings. The van der Waals surface area contributed by atoms with Crippen LogP contribution in [0.25, 0.3) is 0 Å². The van der Waals surface area contributed by atoms with Crippen molar-refractivity contribution in [3.05, 3.63) is 69.2 Å². The van der Waals surface area contributed by atoms with E-state index in [1.807, 2.05) is 12.1 Å². The Labute approximate surface area is 125 Å². The van der Waals surface area contributed by atoms with E-state index in [9.17, 15) is 13.9 Å². The highest BCUT2D eigenvalue weighted by Crippen LogP contribution is 2.29.